The second-order valence-electron chi connectivity index (χ2n) is 9.07. The van der Waals surface area contributed by atoms with E-state index in [9.17, 15) is 0 Å². The smallest absolute Gasteiger partial charge is 0.0351 e. The average Bonchev–Trinajstić information content (AvgIpc) is 2.39. The van der Waals surface area contributed by atoms with Crippen molar-refractivity contribution >= 4 is 0 Å². The fraction of sp³-hybridized carbons (Fsp3) is 0.727. The van der Waals surface area contributed by atoms with E-state index in [0.29, 0.717) is 0 Å². The molecule has 4 aliphatic rings. The maximum atomic E-state index is 4.25. The highest BCUT2D eigenvalue weighted by atomic mass is 16.4. The lowest BCUT2D eigenvalue weighted by Gasteiger charge is -2.60. The van der Waals surface area contributed by atoms with Gasteiger partial charge in [-0.3, -0.25) is 0 Å². The Hall–Kier alpha value is -0.820. The van der Waals surface area contributed by atoms with Gasteiger partial charge in [-0.2, -0.15) is 0 Å². The van der Waals surface area contributed by atoms with Crippen molar-refractivity contribution < 1.29 is 4.74 Å². The molecule has 1 aromatic rings. The maximum Gasteiger partial charge on any atom is 0.0351 e. The second kappa shape index (κ2) is 7.38. The van der Waals surface area contributed by atoms with E-state index >= 15 is 0 Å². The zero-order valence-electron chi connectivity index (χ0n) is 16.1. The van der Waals surface area contributed by atoms with Gasteiger partial charge in [-0.05, 0) is 86.2 Å². The lowest BCUT2D eigenvalue weighted by Crippen LogP contribution is -2.49. The minimum Gasteiger partial charge on any atom is -0.388 e. The van der Waals surface area contributed by atoms with Crippen molar-refractivity contribution in [3.63, 3.8) is 0 Å². The molecule has 0 radical (unpaired) electrons. The molecule has 23 heavy (non-hydrogen) atoms. The summed E-state index contributed by atoms with van der Waals surface area (Å²) in [6.45, 7) is 9.33. The lowest BCUT2D eigenvalue weighted by molar-refractivity contribution is -0.0920. The molecule has 1 nitrogen and oxygen atoms in total. The summed E-state index contributed by atoms with van der Waals surface area (Å²) in [6, 6.07) is 8.36. The Morgan fingerprint density at radius 3 is 1.43 bits per heavy atom. The number of rotatable bonds is 0. The third kappa shape index (κ3) is 4.83. The summed E-state index contributed by atoms with van der Waals surface area (Å²) in [6.07, 6.45) is 9.33. The Morgan fingerprint density at radius 1 is 0.826 bits per heavy atom. The van der Waals surface area contributed by atoms with E-state index < -0.39 is 0 Å². The fourth-order valence-electron chi connectivity index (χ4n) is 5.89. The highest BCUT2D eigenvalue weighted by Crippen LogP contribution is 2.64. The van der Waals surface area contributed by atoms with Crippen LogP contribution >= 0.6 is 0 Å². The first-order valence-electron chi connectivity index (χ1n) is 9.21. The molecule has 4 saturated carbocycles. The summed E-state index contributed by atoms with van der Waals surface area (Å²) in [5, 5.41) is 0. The van der Waals surface area contributed by atoms with Gasteiger partial charge in [0.15, 0.2) is 0 Å². The largest absolute Gasteiger partial charge is 0.388 e. The van der Waals surface area contributed by atoms with Crippen LogP contribution in [0.1, 0.15) is 63.5 Å². The van der Waals surface area contributed by atoms with Crippen LogP contribution in [-0.4, -0.2) is 14.2 Å². The summed E-state index contributed by atoms with van der Waals surface area (Å²) < 4.78 is 4.25. The molecular weight excluding hydrogens is 280 g/mol. The predicted octanol–water partition coefficient (Wildman–Crippen LogP) is 6.18. The van der Waals surface area contributed by atoms with Gasteiger partial charge in [0.1, 0.15) is 0 Å². The van der Waals surface area contributed by atoms with Crippen LogP contribution in [0.25, 0.3) is 0 Å². The monoisotopic (exact) mass is 316 g/mol. The SMILES string of the molecule is CC12CC3CC(C1)CC(C)(C3)C2.COC.Cc1ccccc1C. The van der Waals surface area contributed by atoms with Gasteiger partial charge in [-0.1, -0.05) is 38.1 Å². The van der Waals surface area contributed by atoms with Gasteiger partial charge in [-0.25, -0.2) is 0 Å². The van der Waals surface area contributed by atoms with Crippen LogP contribution in [0.3, 0.4) is 0 Å². The first-order valence-corrected chi connectivity index (χ1v) is 9.21. The van der Waals surface area contributed by atoms with E-state index in [2.05, 4.69) is 56.7 Å². The van der Waals surface area contributed by atoms with Crippen LogP contribution in [0, 0.1) is 36.5 Å². The van der Waals surface area contributed by atoms with E-state index in [1.165, 1.54) is 17.5 Å². The fourth-order valence-corrected chi connectivity index (χ4v) is 5.89. The van der Waals surface area contributed by atoms with Crippen molar-refractivity contribution in [2.45, 2.75) is 66.2 Å². The molecule has 0 N–H and O–H groups in total. The molecule has 5 rings (SSSR count). The molecule has 0 saturated heterocycles. The van der Waals surface area contributed by atoms with Gasteiger partial charge in [0, 0.05) is 14.2 Å². The van der Waals surface area contributed by atoms with E-state index in [-0.39, 0.29) is 0 Å². The van der Waals surface area contributed by atoms with Crippen LogP contribution in [0.15, 0.2) is 24.3 Å². The Balaban J connectivity index is 0.000000152. The molecule has 0 unspecified atom stereocenters. The van der Waals surface area contributed by atoms with Gasteiger partial charge in [0.25, 0.3) is 0 Å². The zero-order chi connectivity index (χ0) is 17.1. The lowest BCUT2D eigenvalue weighted by atomic mass is 9.45. The van der Waals surface area contributed by atoms with Gasteiger partial charge >= 0.3 is 0 Å². The van der Waals surface area contributed by atoms with Crippen LogP contribution in [0.2, 0.25) is 0 Å². The number of benzene rings is 1. The van der Waals surface area contributed by atoms with Crippen LogP contribution < -0.4 is 0 Å². The summed E-state index contributed by atoms with van der Waals surface area (Å²) >= 11 is 0. The summed E-state index contributed by atoms with van der Waals surface area (Å²) in [4.78, 5) is 0. The first kappa shape index (κ1) is 18.5. The minimum atomic E-state index is 0.763. The second-order valence-corrected chi connectivity index (χ2v) is 9.07. The van der Waals surface area contributed by atoms with E-state index in [1.54, 1.807) is 46.3 Å². The summed E-state index contributed by atoms with van der Waals surface area (Å²) in [5.74, 6) is 2.22. The molecule has 0 aliphatic heterocycles. The van der Waals surface area contributed by atoms with Crippen LogP contribution in [0.5, 0.6) is 0 Å². The van der Waals surface area contributed by atoms with Gasteiger partial charge in [0.05, 0.1) is 0 Å². The third-order valence-corrected chi connectivity index (χ3v) is 6.07. The topological polar surface area (TPSA) is 9.23 Å². The first-order chi connectivity index (χ1) is 10.8. The number of hydrogen-bond acceptors (Lipinski definition) is 1. The molecule has 4 aliphatic carbocycles. The molecule has 1 heteroatoms. The van der Waals surface area contributed by atoms with Gasteiger partial charge in [-0.15, -0.1) is 0 Å². The molecule has 4 bridgehead atoms. The molecule has 0 amide bonds. The highest BCUT2D eigenvalue weighted by Gasteiger charge is 2.53. The quantitative estimate of drug-likeness (QED) is 0.555. The van der Waals surface area contributed by atoms with Crippen molar-refractivity contribution in [2.75, 3.05) is 14.2 Å². The Labute approximate surface area is 143 Å². The summed E-state index contributed by atoms with van der Waals surface area (Å²) in [5.41, 5.74) is 4.26. The summed E-state index contributed by atoms with van der Waals surface area (Å²) in [7, 11) is 3.25. The van der Waals surface area contributed by atoms with E-state index in [0.717, 1.165) is 22.7 Å². The standard InChI is InChI=1S/C12H20.C8H10.C2H6O/c1-11-4-9-3-10(5-11)7-12(2,6-9)8-11;1-7-5-3-4-6-8(7)2;1-3-2/h9-10H,3-8H2,1-2H3;3-6H,1-2H3;1-2H3. The van der Waals surface area contributed by atoms with Crippen molar-refractivity contribution in [1.29, 1.82) is 0 Å². The average molecular weight is 317 g/mol. The van der Waals surface area contributed by atoms with E-state index in [1.807, 2.05) is 0 Å². The Kier molecular flexibility index (Phi) is 5.94. The van der Waals surface area contributed by atoms with Gasteiger partial charge in [0.2, 0.25) is 0 Å². The molecule has 4 fully saturated rings. The predicted molar refractivity (Wildman–Crippen MR) is 99.7 cm³/mol. The zero-order valence-corrected chi connectivity index (χ0v) is 16.1. The molecule has 130 valence electrons. The molecule has 0 aromatic heterocycles. The Bertz CT molecular complexity index is 449. The van der Waals surface area contributed by atoms with Gasteiger partial charge < -0.3 is 4.74 Å². The normalized spacial score (nSPS) is 36.6. The Morgan fingerprint density at radius 2 is 1.17 bits per heavy atom. The number of aryl methyl sites for hydroxylation is 2. The van der Waals surface area contributed by atoms with Crippen LogP contribution in [0.4, 0.5) is 0 Å². The molecule has 0 atom stereocenters. The van der Waals surface area contributed by atoms with Crippen molar-refractivity contribution in [1.82, 2.24) is 0 Å². The van der Waals surface area contributed by atoms with Crippen LogP contribution in [-0.2, 0) is 4.74 Å². The number of methoxy groups -OCH3 is 1. The maximum absolute atomic E-state index is 4.25. The van der Waals surface area contributed by atoms with Crippen molar-refractivity contribution in [3.05, 3.63) is 35.4 Å². The highest BCUT2D eigenvalue weighted by molar-refractivity contribution is 5.23. The number of hydrogen-bond donors (Lipinski definition) is 0. The van der Waals surface area contributed by atoms with Crippen molar-refractivity contribution in [2.24, 2.45) is 22.7 Å². The minimum absolute atomic E-state index is 0.763. The van der Waals surface area contributed by atoms with Crippen molar-refractivity contribution in [3.8, 4) is 0 Å². The third-order valence-electron chi connectivity index (χ3n) is 6.07. The van der Waals surface area contributed by atoms with E-state index in [4.69, 9.17) is 0 Å². The molecule has 0 spiro atoms. The molecule has 0 heterocycles. The number of ether oxygens (including phenoxy) is 1. The molecule has 1 aromatic carbocycles. The molecular formula is C22H36O.